The zero-order valence-electron chi connectivity index (χ0n) is 10.8. The summed E-state index contributed by atoms with van der Waals surface area (Å²) in [6.45, 7) is 2.17. The van der Waals surface area contributed by atoms with E-state index in [4.69, 9.17) is 4.98 Å². The highest BCUT2D eigenvalue weighted by atomic mass is 32.1. The second-order valence-corrected chi connectivity index (χ2v) is 5.31. The van der Waals surface area contributed by atoms with Crippen molar-refractivity contribution in [1.29, 1.82) is 0 Å². The van der Waals surface area contributed by atoms with Crippen molar-refractivity contribution in [3.63, 3.8) is 0 Å². The van der Waals surface area contributed by atoms with E-state index in [0.29, 0.717) is 0 Å². The molecule has 0 fully saturated rings. The van der Waals surface area contributed by atoms with Gasteiger partial charge in [-0.15, -0.1) is 11.3 Å². The number of aromatic nitrogens is 1. The van der Waals surface area contributed by atoms with Gasteiger partial charge >= 0.3 is 0 Å². The normalized spacial score (nSPS) is 10.6. The second kappa shape index (κ2) is 5.37. The molecule has 0 saturated heterocycles. The highest BCUT2D eigenvalue weighted by Gasteiger charge is 2.06. The summed E-state index contributed by atoms with van der Waals surface area (Å²) in [5.41, 5.74) is 4.79. The summed E-state index contributed by atoms with van der Waals surface area (Å²) < 4.78 is 0. The molecule has 0 unspecified atom stereocenters. The molecule has 1 nitrogen and oxygen atoms in total. The number of hydrogen-bond acceptors (Lipinski definition) is 2. The Morgan fingerprint density at radius 3 is 2.32 bits per heavy atom. The van der Waals surface area contributed by atoms with E-state index in [2.05, 4.69) is 48.7 Å². The van der Waals surface area contributed by atoms with Crippen molar-refractivity contribution in [3.8, 4) is 21.8 Å². The first-order valence-electron chi connectivity index (χ1n) is 6.47. The summed E-state index contributed by atoms with van der Waals surface area (Å²) in [7, 11) is 0. The summed E-state index contributed by atoms with van der Waals surface area (Å²) in [6, 6.07) is 19.0. The lowest BCUT2D eigenvalue weighted by Crippen LogP contribution is -1.81. The minimum atomic E-state index is 1.06. The molecule has 0 aliphatic rings. The molecule has 0 saturated carbocycles. The van der Waals surface area contributed by atoms with Crippen LogP contribution in [-0.4, -0.2) is 4.98 Å². The summed E-state index contributed by atoms with van der Waals surface area (Å²) in [4.78, 5) is 4.72. The highest BCUT2D eigenvalue weighted by Crippen LogP contribution is 2.28. The Hall–Kier alpha value is -1.93. The third kappa shape index (κ3) is 2.59. The average Bonchev–Trinajstić information content (AvgIpc) is 2.98. The molecular formula is C17H15NS. The third-order valence-corrected chi connectivity index (χ3v) is 4.07. The predicted molar refractivity (Wildman–Crippen MR) is 82.4 cm³/mol. The van der Waals surface area contributed by atoms with E-state index in [1.807, 2.05) is 18.2 Å². The molecule has 1 heterocycles. The third-order valence-electron chi connectivity index (χ3n) is 3.18. The first-order chi connectivity index (χ1) is 9.36. The van der Waals surface area contributed by atoms with Crippen molar-refractivity contribution in [3.05, 3.63) is 65.5 Å². The van der Waals surface area contributed by atoms with Crippen LogP contribution in [0.25, 0.3) is 21.8 Å². The molecule has 2 aromatic carbocycles. The van der Waals surface area contributed by atoms with Crippen LogP contribution in [0.1, 0.15) is 12.5 Å². The first kappa shape index (κ1) is 12.1. The predicted octanol–water partition coefficient (Wildman–Crippen LogP) is 5.04. The lowest BCUT2D eigenvalue weighted by molar-refractivity contribution is 1.14. The second-order valence-electron chi connectivity index (χ2n) is 4.45. The average molecular weight is 265 g/mol. The molecule has 0 amide bonds. The molecule has 19 heavy (non-hydrogen) atoms. The maximum atomic E-state index is 4.72. The molecule has 3 aromatic rings. The van der Waals surface area contributed by atoms with Gasteiger partial charge in [0.1, 0.15) is 5.01 Å². The zero-order valence-corrected chi connectivity index (χ0v) is 11.7. The van der Waals surface area contributed by atoms with E-state index < -0.39 is 0 Å². The molecule has 0 aliphatic heterocycles. The Morgan fingerprint density at radius 2 is 1.63 bits per heavy atom. The molecule has 0 spiro atoms. The van der Waals surface area contributed by atoms with Gasteiger partial charge in [-0.1, -0.05) is 61.5 Å². The van der Waals surface area contributed by atoms with Crippen LogP contribution in [0.5, 0.6) is 0 Å². The Morgan fingerprint density at radius 1 is 0.895 bits per heavy atom. The summed E-state index contributed by atoms with van der Waals surface area (Å²) in [5, 5.41) is 3.21. The number of aryl methyl sites for hydroxylation is 1. The topological polar surface area (TPSA) is 12.9 Å². The molecule has 0 atom stereocenters. The van der Waals surface area contributed by atoms with Crippen LogP contribution in [-0.2, 0) is 6.42 Å². The lowest BCUT2D eigenvalue weighted by atomic mass is 10.1. The van der Waals surface area contributed by atoms with E-state index in [9.17, 15) is 0 Å². The van der Waals surface area contributed by atoms with Crippen LogP contribution in [0.2, 0.25) is 0 Å². The summed E-state index contributed by atoms with van der Waals surface area (Å²) in [6.07, 6.45) is 1.08. The van der Waals surface area contributed by atoms with E-state index >= 15 is 0 Å². The van der Waals surface area contributed by atoms with Gasteiger partial charge in [0.2, 0.25) is 0 Å². The van der Waals surface area contributed by atoms with E-state index in [1.54, 1.807) is 11.3 Å². The van der Waals surface area contributed by atoms with Crippen LogP contribution in [0, 0.1) is 0 Å². The monoisotopic (exact) mass is 265 g/mol. The van der Waals surface area contributed by atoms with Gasteiger partial charge in [0.15, 0.2) is 0 Å². The van der Waals surface area contributed by atoms with Crippen LogP contribution >= 0.6 is 11.3 Å². The lowest BCUT2D eigenvalue weighted by Gasteiger charge is -1.99. The minimum absolute atomic E-state index is 1.06. The first-order valence-corrected chi connectivity index (χ1v) is 7.35. The molecule has 0 aliphatic carbocycles. The quantitative estimate of drug-likeness (QED) is 0.646. The van der Waals surface area contributed by atoms with Crippen molar-refractivity contribution in [2.75, 3.05) is 0 Å². The number of hydrogen-bond donors (Lipinski definition) is 0. The number of thiazole rings is 1. The van der Waals surface area contributed by atoms with E-state index in [0.717, 1.165) is 17.1 Å². The fraction of sp³-hybridized carbons (Fsp3) is 0.118. The van der Waals surface area contributed by atoms with Gasteiger partial charge in [-0.05, 0) is 12.0 Å². The van der Waals surface area contributed by atoms with Crippen molar-refractivity contribution in [1.82, 2.24) is 4.98 Å². The molecule has 2 heteroatoms. The molecule has 0 radical (unpaired) electrons. The van der Waals surface area contributed by atoms with Gasteiger partial charge in [0, 0.05) is 16.5 Å². The Balaban J connectivity index is 1.92. The fourth-order valence-corrected chi connectivity index (χ4v) is 2.87. The van der Waals surface area contributed by atoms with Gasteiger partial charge in [0.05, 0.1) is 5.69 Å². The molecule has 3 rings (SSSR count). The van der Waals surface area contributed by atoms with Crippen LogP contribution in [0.15, 0.2) is 60.0 Å². The molecule has 1 aromatic heterocycles. The number of rotatable bonds is 3. The number of benzene rings is 2. The van der Waals surface area contributed by atoms with E-state index in [-0.39, 0.29) is 0 Å². The van der Waals surface area contributed by atoms with Gasteiger partial charge in [0.25, 0.3) is 0 Å². The van der Waals surface area contributed by atoms with Crippen molar-refractivity contribution < 1.29 is 0 Å². The minimum Gasteiger partial charge on any atom is -0.236 e. The van der Waals surface area contributed by atoms with E-state index in [1.165, 1.54) is 16.7 Å². The largest absolute Gasteiger partial charge is 0.236 e. The van der Waals surface area contributed by atoms with Gasteiger partial charge in [-0.2, -0.15) is 0 Å². The standard InChI is InChI=1S/C17H15NS/c1-2-13-8-10-15(11-9-13)17-18-16(12-19-17)14-6-4-3-5-7-14/h3-12H,2H2,1H3. The zero-order chi connectivity index (χ0) is 13.1. The summed E-state index contributed by atoms with van der Waals surface area (Å²) >= 11 is 1.70. The molecule has 0 N–H and O–H groups in total. The van der Waals surface area contributed by atoms with Crippen molar-refractivity contribution in [2.45, 2.75) is 13.3 Å². The van der Waals surface area contributed by atoms with Crippen LogP contribution in [0.4, 0.5) is 0 Å². The Kier molecular flexibility index (Phi) is 3.43. The maximum absolute atomic E-state index is 4.72. The Labute approximate surface area is 117 Å². The molecule has 0 bridgehead atoms. The van der Waals surface area contributed by atoms with Gasteiger partial charge in [-0.3, -0.25) is 0 Å². The maximum Gasteiger partial charge on any atom is 0.124 e. The van der Waals surface area contributed by atoms with Gasteiger partial charge in [-0.25, -0.2) is 4.98 Å². The molecule has 94 valence electrons. The highest BCUT2D eigenvalue weighted by molar-refractivity contribution is 7.13. The van der Waals surface area contributed by atoms with Crippen LogP contribution in [0.3, 0.4) is 0 Å². The van der Waals surface area contributed by atoms with Crippen LogP contribution < -0.4 is 0 Å². The smallest absolute Gasteiger partial charge is 0.124 e. The van der Waals surface area contributed by atoms with Crippen molar-refractivity contribution in [2.24, 2.45) is 0 Å². The number of nitrogens with zero attached hydrogens (tertiary/aromatic N) is 1. The molecular weight excluding hydrogens is 250 g/mol. The summed E-state index contributed by atoms with van der Waals surface area (Å²) in [5.74, 6) is 0. The fourth-order valence-electron chi connectivity index (χ4n) is 2.03. The Bertz CT molecular complexity index is 653. The SMILES string of the molecule is CCc1ccc(-c2nc(-c3ccccc3)cs2)cc1. The van der Waals surface area contributed by atoms with Gasteiger partial charge < -0.3 is 0 Å². The van der Waals surface area contributed by atoms with Crippen molar-refractivity contribution >= 4 is 11.3 Å².